The van der Waals surface area contributed by atoms with E-state index in [4.69, 9.17) is 0 Å². The fourth-order valence-corrected chi connectivity index (χ4v) is 2.76. The van der Waals surface area contributed by atoms with Crippen molar-refractivity contribution in [1.82, 2.24) is 0 Å². The number of rotatable bonds is 2. The predicted molar refractivity (Wildman–Crippen MR) is 73.4 cm³/mol. The van der Waals surface area contributed by atoms with Gasteiger partial charge in [0.05, 0.1) is 0 Å². The highest BCUT2D eigenvalue weighted by atomic mass is 79.9. The Balaban J connectivity index is 2.40. The number of hydrogen-bond donors (Lipinski definition) is 1. The number of phenolic OH excluding ortho intramolecular Hbond substituents is 1. The van der Waals surface area contributed by atoms with Crippen molar-refractivity contribution in [2.45, 2.75) is 0 Å². The van der Waals surface area contributed by atoms with E-state index >= 15 is 0 Å². The van der Waals surface area contributed by atoms with Gasteiger partial charge < -0.3 is 5.11 Å². The summed E-state index contributed by atoms with van der Waals surface area (Å²) in [7, 11) is 0. The van der Waals surface area contributed by atoms with E-state index in [0.29, 0.717) is 11.1 Å². The smallest absolute Gasteiger partial charge is 0.193 e. The Kier molecular flexibility index (Phi) is 3.64. The van der Waals surface area contributed by atoms with E-state index in [1.54, 1.807) is 24.3 Å². The first-order chi connectivity index (χ1) is 8.06. The van der Waals surface area contributed by atoms with Crippen LogP contribution < -0.4 is 0 Å². The van der Waals surface area contributed by atoms with Gasteiger partial charge in [-0.2, -0.15) is 0 Å². The Morgan fingerprint density at radius 1 is 0.882 bits per heavy atom. The van der Waals surface area contributed by atoms with Crippen LogP contribution in [0.25, 0.3) is 0 Å². The molecule has 2 aromatic rings. The molecule has 2 aromatic carbocycles. The summed E-state index contributed by atoms with van der Waals surface area (Å²) in [6.45, 7) is 0. The van der Waals surface area contributed by atoms with E-state index in [1.807, 2.05) is 6.07 Å². The van der Waals surface area contributed by atoms with Crippen LogP contribution in [0.15, 0.2) is 51.4 Å². The van der Waals surface area contributed by atoms with Crippen LogP contribution in [-0.2, 0) is 0 Å². The second-order valence-electron chi connectivity index (χ2n) is 3.53. The summed E-state index contributed by atoms with van der Waals surface area (Å²) in [4.78, 5) is 12.1. The minimum atomic E-state index is -0.0769. The van der Waals surface area contributed by atoms with E-state index in [-0.39, 0.29) is 11.5 Å². The molecule has 4 heteroatoms. The quantitative estimate of drug-likeness (QED) is 0.821. The third-order valence-corrected chi connectivity index (χ3v) is 3.17. The van der Waals surface area contributed by atoms with Crippen LogP contribution in [-0.4, -0.2) is 10.9 Å². The summed E-state index contributed by atoms with van der Waals surface area (Å²) >= 11 is 6.69. The number of ketones is 1. The molecule has 1 N–H and O–H groups in total. The molecule has 0 spiro atoms. The molecule has 0 unspecified atom stereocenters. The van der Waals surface area contributed by atoms with Crippen molar-refractivity contribution in [3.63, 3.8) is 0 Å². The summed E-state index contributed by atoms with van der Waals surface area (Å²) < 4.78 is 1.68. The maximum atomic E-state index is 12.1. The zero-order valence-corrected chi connectivity index (χ0v) is 11.8. The van der Waals surface area contributed by atoms with Gasteiger partial charge in [0.25, 0.3) is 0 Å². The SMILES string of the molecule is O=C(c1ccc(O)cc1)c1cc(Br)cc(Br)c1. The van der Waals surface area contributed by atoms with Crippen molar-refractivity contribution in [3.05, 3.63) is 62.5 Å². The Morgan fingerprint density at radius 3 is 1.94 bits per heavy atom. The van der Waals surface area contributed by atoms with Crippen molar-refractivity contribution in [2.75, 3.05) is 0 Å². The lowest BCUT2D eigenvalue weighted by Gasteiger charge is -2.03. The van der Waals surface area contributed by atoms with Gasteiger partial charge in [0.2, 0.25) is 0 Å². The molecular formula is C13H8Br2O2. The fourth-order valence-electron chi connectivity index (χ4n) is 1.46. The molecule has 0 atom stereocenters. The average Bonchev–Trinajstić information content (AvgIpc) is 2.28. The van der Waals surface area contributed by atoms with E-state index in [9.17, 15) is 9.90 Å². The number of phenols is 1. The molecule has 0 aliphatic carbocycles. The van der Waals surface area contributed by atoms with Crippen LogP contribution in [0.3, 0.4) is 0 Å². The van der Waals surface area contributed by atoms with E-state index in [2.05, 4.69) is 31.9 Å². The number of carbonyl (C=O) groups excluding carboxylic acids is 1. The Morgan fingerprint density at radius 2 is 1.41 bits per heavy atom. The van der Waals surface area contributed by atoms with E-state index in [1.165, 1.54) is 12.1 Å². The first kappa shape index (κ1) is 12.3. The molecule has 0 bridgehead atoms. The van der Waals surface area contributed by atoms with Crippen molar-refractivity contribution in [1.29, 1.82) is 0 Å². The Labute approximate surface area is 116 Å². The van der Waals surface area contributed by atoms with Gasteiger partial charge in [-0.05, 0) is 42.5 Å². The van der Waals surface area contributed by atoms with Gasteiger partial charge in [-0.25, -0.2) is 0 Å². The van der Waals surface area contributed by atoms with Crippen molar-refractivity contribution in [2.24, 2.45) is 0 Å². The largest absolute Gasteiger partial charge is 0.508 e. The molecule has 2 rings (SSSR count). The van der Waals surface area contributed by atoms with E-state index in [0.717, 1.165) is 8.95 Å². The molecule has 0 saturated heterocycles. The van der Waals surface area contributed by atoms with Gasteiger partial charge in [-0.15, -0.1) is 0 Å². The van der Waals surface area contributed by atoms with Crippen LogP contribution in [0.4, 0.5) is 0 Å². The van der Waals surface area contributed by atoms with Crippen molar-refractivity contribution < 1.29 is 9.90 Å². The van der Waals surface area contributed by atoms with Crippen LogP contribution >= 0.6 is 31.9 Å². The zero-order valence-electron chi connectivity index (χ0n) is 8.65. The second-order valence-corrected chi connectivity index (χ2v) is 5.37. The molecule has 0 fully saturated rings. The van der Waals surface area contributed by atoms with Crippen LogP contribution in [0, 0.1) is 0 Å². The summed E-state index contributed by atoms with van der Waals surface area (Å²) in [6.07, 6.45) is 0. The van der Waals surface area contributed by atoms with Gasteiger partial charge in [0, 0.05) is 20.1 Å². The maximum Gasteiger partial charge on any atom is 0.193 e. The molecular weight excluding hydrogens is 348 g/mol. The van der Waals surface area contributed by atoms with Crippen LogP contribution in [0.2, 0.25) is 0 Å². The minimum absolute atomic E-state index is 0.0769. The summed E-state index contributed by atoms with van der Waals surface area (Å²) in [5.74, 6) is 0.0731. The standard InChI is InChI=1S/C13H8Br2O2/c14-10-5-9(6-11(15)7-10)13(17)8-1-3-12(16)4-2-8/h1-7,16H. The maximum absolute atomic E-state index is 12.1. The summed E-state index contributed by atoms with van der Waals surface area (Å²) in [5, 5.41) is 9.17. The van der Waals surface area contributed by atoms with Crippen molar-refractivity contribution in [3.8, 4) is 5.75 Å². The number of carbonyl (C=O) groups is 1. The van der Waals surface area contributed by atoms with Gasteiger partial charge in [-0.1, -0.05) is 31.9 Å². The predicted octanol–water partition coefficient (Wildman–Crippen LogP) is 4.15. The lowest BCUT2D eigenvalue weighted by atomic mass is 10.0. The zero-order chi connectivity index (χ0) is 12.4. The Hall–Kier alpha value is -1.13. The van der Waals surface area contributed by atoms with Gasteiger partial charge in [0.15, 0.2) is 5.78 Å². The average molecular weight is 356 g/mol. The molecule has 0 heterocycles. The van der Waals surface area contributed by atoms with Crippen LogP contribution in [0.5, 0.6) is 5.75 Å². The van der Waals surface area contributed by atoms with Gasteiger partial charge in [-0.3, -0.25) is 4.79 Å². The molecule has 2 nitrogen and oxygen atoms in total. The highest BCUT2D eigenvalue weighted by molar-refractivity contribution is 9.11. The third-order valence-electron chi connectivity index (χ3n) is 2.25. The summed E-state index contributed by atoms with van der Waals surface area (Å²) in [6, 6.07) is 11.6. The molecule has 0 aliphatic rings. The molecule has 17 heavy (non-hydrogen) atoms. The molecule has 86 valence electrons. The second kappa shape index (κ2) is 5.02. The normalized spacial score (nSPS) is 10.2. The molecule has 0 radical (unpaired) electrons. The third kappa shape index (κ3) is 2.96. The monoisotopic (exact) mass is 354 g/mol. The lowest BCUT2D eigenvalue weighted by Crippen LogP contribution is -2.00. The van der Waals surface area contributed by atoms with Crippen LogP contribution in [0.1, 0.15) is 15.9 Å². The summed E-state index contributed by atoms with van der Waals surface area (Å²) in [5.41, 5.74) is 1.14. The fraction of sp³-hybridized carbons (Fsp3) is 0. The highest BCUT2D eigenvalue weighted by Gasteiger charge is 2.10. The number of benzene rings is 2. The van der Waals surface area contributed by atoms with Gasteiger partial charge >= 0.3 is 0 Å². The number of halogens is 2. The minimum Gasteiger partial charge on any atom is -0.508 e. The molecule has 0 saturated carbocycles. The van der Waals surface area contributed by atoms with Crippen molar-refractivity contribution >= 4 is 37.6 Å². The number of hydrogen-bond acceptors (Lipinski definition) is 2. The van der Waals surface area contributed by atoms with Gasteiger partial charge in [0.1, 0.15) is 5.75 Å². The lowest BCUT2D eigenvalue weighted by molar-refractivity contribution is 0.103. The molecule has 0 aliphatic heterocycles. The first-order valence-corrected chi connectivity index (χ1v) is 6.45. The topological polar surface area (TPSA) is 37.3 Å². The molecule has 0 aromatic heterocycles. The first-order valence-electron chi connectivity index (χ1n) is 4.86. The Bertz CT molecular complexity index is 542. The van der Waals surface area contributed by atoms with E-state index < -0.39 is 0 Å². The molecule has 0 amide bonds. The highest BCUT2D eigenvalue weighted by Crippen LogP contribution is 2.22. The number of aromatic hydroxyl groups is 1.